The first-order valence-corrected chi connectivity index (χ1v) is 8.71. The molecular formula is C18H17F4N3O2. The third-order valence-corrected chi connectivity index (χ3v) is 4.91. The van der Waals surface area contributed by atoms with Crippen molar-refractivity contribution in [2.24, 2.45) is 0 Å². The highest BCUT2D eigenvalue weighted by atomic mass is 19.4. The highest BCUT2D eigenvalue weighted by Gasteiger charge is 2.40. The average Bonchev–Trinajstić information content (AvgIpc) is 3.28. The third-order valence-electron chi connectivity index (χ3n) is 4.91. The lowest BCUT2D eigenvalue weighted by Crippen LogP contribution is -2.28. The van der Waals surface area contributed by atoms with E-state index in [1.807, 2.05) is 0 Å². The van der Waals surface area contributed by atoms with Crippen molar-refractivity contribution in [1.82, 2.24) is 14.7 Å². The van der Waals surface area contributed by atoms with Crippen LogP contribution in [0, 0.1) is 5.82 Å². The molecule has 3 heterocycles. The molecule has 9 heteroatoms. The Bertz CT molecular complexity index is 885. The Kier molecular flexibility index (Phi) is 4.41. The SMILES string of the molecule is O=C(c1ccc(-n2nc(C(F)(F)F)c3c2COCC3)cc1F)N1CCCC1. The van der Waals surface area contributed by atoms with E-state index in [1.54, 1.807) is 4.90 Å². The first-order valence-electron chi connectivity index (χ1n) is 8.71. The number of hydrogen-bond donors (Lipinski definition) is 0. The second kappa shape index (κ2) is 6.63. The third kappa shape index (κ3) is 3.20. The van der Waals surface area contributed by atoms with Crippen molar-refractivity contribution in [2.75, 3.05) is 19.7 Å². The molecule has 0 N–H and O–H groups in total. The molecule has 1 saturated heterocycles. The number of amides is 1. The monoisotopic (exact) mass is 383 g/mol. The Morgan fingerprint density at radius 3 is 2.59 bits per heavy atom. The molecule has 2 aromatic rings. The van der Waals surface area contributed by atoms with Gasteiger partial charge in [-0.1, -0.05) is 0 Å². The summed E-state index contributed by atoms with van der Waals surface area (Å²) in [5.74, 6) is -1.18. The lowest BCUT2D eigenvalue weighted by molar-refractivity contribution is -0.142. The van der Waals surface area contributed by atoms with Crippen molar-refractivity contribution in [3.05, 3.63) is 46.5 Å². The normalized spacial score (nSPS) is 17.3. The van der Waals surface area contributed by atoms with Crippen LogP contribution in [0.3, 0.4) is 0 Å². The quantitative estimate of drug-likeness (QED) is 0.748. The number of rotatable bonds is 2. The predicted octanol–water partition coefficient (Wildman–Crippen LogP) is 3.34. The number of aromatic nitrogens is 2. The maximum atomic E-state index is 14.6. The van der Waals surface area contributed by atoms with E-state index < -0.39 is 23.6 Å². The zero-order chi connectivity index (χ0) is 19.2. The molecule has 1 aromatic heterocycles. The number of ether oxygens (including phenoxy) is 1. The lowest BCUT2D eigenvalue weighted by atomic mass is 10.1. The molecule has 1 fully saturated rings. The predicted molar refractivity (Wildman–Crippen MR) is 87.0 cm³/mol. The van der Waals surface area contributed by atoms with Gasteiger partial charge < -0.3 is 9.64 Å². The van der Waals surface area contributed by atoms with Gasteiger partial charge in [0.05, 0.1) is 30.2 Å². The van der Waals surface area contributed by atoms with Gasteiger partial charge in [0.15, 0.2) is 5.69 Å². The average molecular weight is 383 g/mol. The number of halogens is 4. The highest BCUT2D eigenvalue weighted by molar-refractivity contribution is 5.94. The minimum absolute atomic E-state index is 0.0332. The highest BCUT2D eigenvalue weighted by Crippen LogP contribution is 2.35. The Morgan fingerprint density at radius 1 is 1.19 bits per heavy atom. The Labute approximate surface area is 152 Å². The molecule has 0 saturated carbocycles. The fourth-order valence-corrected chi connectivity index (χ4v) is 3.58. The van der Waals surface area contributed by atoms with E-state index in [4.69, 9.17) is 4.74 Å². The van der Waals surface area contributed by atoms with Crippen molar-refractivity contribution < 1.29 is 27.1 Å². The molecule has 1 amide bonds. The molecule has 0 aliphatic carbocycles. The van der Waals surface area contributed by atoms with E-state index in [9.17, 15) is 22.4 Å². The lowest BCUT2D eigenvalue weighted by Gasteiger charge is -2.17. The Balaban J connectivity index is 1.73. The number of fused-ring (bicyclic) bond motifs is 1. The summed E-state index contributed by atoms with van der Waals surface area (Å²) in [6.45, 7) is 1.31. The van der Waals surface area contributed by atoms with Crippen LogP contribution in [0.25, 0.3) is 5.69 Å². The number of carbonyl (C=O) groups is 1. The number of benzene rings is 1. The van der Waals surface area contributed by atoms with Crippen LogP contribution in [0.1, 0.15) is 40.2 Å². The first kappa shape index (κ1) is 18.0. The van der Waals surface area contributed by atoms with Crippen molar-refractivity contribution in [3.8, 4) is 5.69 Å². The van der Waals surface area contributed by atoms with Gasteiger partial charge in [-0.2, -0.15) is 18.3 Å². The molecule has 0 unspecified atom stereocenters. The fourth-order valence-electron chi connectivity index (χ4n) is 3.58. The molecule has 2 aliphatic heterocycles. The van der Waals surface area contributed by atoms with Gasteiger partial charge in [0.25, 0.3) is 5.91 Å². The summed E-state index contributed by atoms with van der Waals surface area (Å²) in [6, 6.07) is 3.76. The maximum Gasteiger partial charge on any atom is 0.435 e. The van der Waals surface area contributed by atoms with E-state index in [-0.39, 0.29) is 42.1 Å². The van der Waals surface area contributed by atoms with Crippen LogP contribution in [-0.4, -0.2) is 40.3 Å². The Morgan fingerprint density at radius 2 is 1.93 bits per heavy atom. The Hall–Kier alpha value is -2.42. The van der Waals surface area contributed by atoms with Crippen molar-refractivity contribution in [1.29, 1.82) is 0 Å². The van der Waals surface area contributed by atoms with Crippen LogP contribution in [0.4, 0.5) is 17.6 Å². The summed E-state index contributed by atoms with van der Waals surface area (Å²) in [5, 5.41) is 3.68. The zero-order valence-corrected chi connectivity index (χ0v) is 14.4. The second-order valence-corrected chi connectivity index (χ2v) is 6.65. The molecule has 0 atom stereocenters. The van der Waals surface area contributed by atoms with Crippen LogP contribution >= 0.6 is 0 Å². The fraction of sp³-hybridized carbons (Fsp3) is 0.444. The molecule has 144 valence electrons. The summed E-state index contributed by atoms with van der Waals surface area (Å²) in [6.07, 6.45) is -2.74. The van der Waals surface area contributed by atoms with Gasteiger partial charge in [-0.25, -0.2) is 9.07 Å². The van der Waals surface area contributed by atoms with Gasteiger partial charge in [0, 0.05) is 24.7 Å². The molecule has 2 aliphatic rings. The number of nitrogens with zero attached hydrogens (tertiary/aromatic N) is 3. The van der Waals surface area contributed by atoms with Crippen molar-refractivity contribution in [2.45, 2.75) is 32.0 Å². The van der Waals surface area contributed by atoms with Crippen LogP contribution in [0.2, 0.25) is 0 Å². The largest absolute Gasteiger partial charge is 0.435 e. The number of likely N-dealkylation sites (tertiary alicyclic amines) is 1. The van der Waals surface area contributed by atoms with Gasteiger partial charge in [0.1, 0.15) is 5.82 Å². The molecule has 1 aromatic carbocycles. The molecule has 5 nitrogen and oxygen atoms in total. The maximum absolute atomic E-state index is 14.6. The van der Waals surface area contributed by atoms with Crippen LogP contribution in [0.5, 0.6) is 0 Å². The summed E-state index contributed by atoms with van der Waals surface area (Å²) in [4.78, 5) is 14.0. The van der Waals surface area contributed by atoms with Crippen LogP contribution in [0.15, 0.2) is 18.2 Å². The molecular weight excluding hydrogens is 366 g/mol. The number of hydrogen-bond acceptors (Lipinski definition) is 3. The summed E-state index contributed by atoms with van der Waals surface area (Å²) in [5.41, 5.74) is -0.604. The standard InChI is InChI=1S/C18H17F4N3O2/c19-14-9-11(3-4-12(14)17(26)24-6-1-2-7-24)25-15-10-27-8-5-13(15)16(23-25)18(20,21)22/h3-4,9H,1-2,5-8,10H2. The van der Waals surface area contributed by atoms with Gasteiger partial charge in [0.2, 0.25) is 0 Å². The van der Waals surface area contributed by atoms with Crippen LogP contribution < -0.4 is 0 Å². The van der Waals surface area contributed by atoms with Gasteiger partial charge in [-0.15, -0.1) is 0 Å². The molecule has 27 heavy (non-hydrogen) atoms. The summed E-state index contributed by atoms with van der Waals surface area (Å²) < 4.78 is 60.7. The summed E-state index contributed by atoms with van der Waals surface area (Å²) >= 11 is 0. The number of carbonyl (C=O) groups excluding carboxylic acids is 1. The first-order chi connectivity index (χ1) is 12.9. The van der Waals surface area contributed by atoms with Gasteiger partial charge in [-0.05, 0) is 31.4 Å². The molecule has 4 rings (SSSR count). The van der Waals surface area contributed by atoms with Gasteiger partial charge >= 0.3 is 6.18 Å². The minimum Gasteiger partial charge on any atom is -0.375 e. The molecule has 0 bridgehead atoms. The van der Waals surface area contributed by atoms with Crippen molar-refractivity contribution in [3.63, 3.8) is 0 Å². The van der Waals surface area contributed by atoms with Gasteiger partial charge in [-0.3, -0.25) is 4.79 Å². The van der Waals surface area contributed by atoms with E-state index in [2.05, 4.69) is 5.10 Å². The van der Waals surface area contributed by atoms with E-state index in [0.29, 0.717) is 13.1 Å². The summed E-state index contributed by atoms with van der Waals surface area (Å²) in [7, 11) is 0. The zero-order valence-electron chi connectivity index (χ0n) is 14.4. The van der Waals surface area contributed by atoms with E-state index >= 15 is 0 Å². The molecule has 0 radical (unpaired) electrons. The van der Waals surface area contributed by atoms with E-state index in [0.717, 1.165) is 23.6 Å². The second-order valence-electron chi connectivity index (χ2n) is 6.65. The van der Waals surface area contributed by atoms with Crippen LogP contribution in [-0.2, 0) is 23.9 Å². The minimum atomic E-state index is -4.60. The topological polar surface area (TPSA) is 47.4 Å². The van der Waals surface area contributed by atoms with Crippen molar-refractivity contribution >= 4 is 5.91 Å². The smallest absolute Gasteiger partial charge is 0.375 e. The number of alkyl halides is 3. The van der Waals surface area contributed by atoms with E-state index in [1.165, 1.54) is 12.1 Å². The molecule has 0 spiro atoms.